The van der Waals surface area contributed by atoms with Gasteiger partial charge in [0.2, 0.25) is 11.9 Å². The van der Waals surface area contributed by atoms with E-state index in [-0.39, 0.29) is 16.3 Å². The molecule has 0 bridgehead atoms. The fraction of sp³-hybridized carbons (Fsp3) is 0.462. The molecular weight excluding hydrogens is 276 g/mol. The van der Waals surface area contributed by atoms with Crippen LogP contribution in [0.3, 0.4) is 0 Å². The first-order valence-electron chi connectivity index (χ1n) is 5.87. The molecule has 1 aliphatic rings. The van der Waals surface area contributed by atoms with E-state index in [0.29, 0.717) is 12.8 Å². The number of hydrogen-bond donors (Lipinski definition) is 0. The summed E-state index contributed by atoms with van der Waals surface area (Å²) in [5.74, 6) is -2.56. The van der Waals surface area contributed by atoms with E-state index in [1.807, 2.05) is 0 Å². The standard InChI is InChI=1S/C13H12ClF2NO2/c1-19-12-9(14)6-8(10(15)11(12)16)13(17-7-18)4-2-3-5-13/h6H,2-5H2,1H3. The molecule has 6 heteroatoms. The van der Waals surface area contributed by atoms with E-state index < -0.39 is 17.2 Å². The van der Waals surface area contributed by atoms with Crippen LogP contribution in [0.5, 0.6) is 5.75 Å². The zero-order chi connectivity index (χ0) is 14.0. The maximum atomic E-state index is 14.1. The average molecular weight is 288 g/mol. The molecule has 0 spiro atoms. The van der Waals surface area contributed by atoms with Crippen LogP contribution in [0.2, 0.25) is 5.02 Å². The molecule has 0 radical (unpaired) electrons. The summed E-state index contributed by atoms with van der Waals surface area (Å²) in [6.45, 7) is 0. The number of rotatable bonds is 3. The number of benzene rings is 1. The van der Waals surface area contributed by atoms with Crippen LogP contribution in [0.4, 0.5) is 8.78 Å². The van der Waals surface area contributed by atoms with E-state index in [2.05, 4.69) is 4.99 Å². The van der Waals surface area contributed by atoms with Gasteiger partial charge in [-0.1, -0.05) is 24.4 Å². The molecule has 1 fully saturated rings. The Morgan fingerprint density at radius 1 is 1.37 bits per heavy atom. The predicted octanol–water partition coefficient (Wildman–Crippen LogP) is 3.73. The Balaban J connectivity index is 2.65. The largest absolute Gasteiger partial charge is 0.492 e. The van der Waals surface area contributed by atoms with Gasteiger partial charge in [0.1, 0.15) is 5.54 Å². The summed E-state index contributed by atoms with van der Waals surface area (Å²) in [4.78, 5) is 14.3. The van der Waals surface area contributed by atoms with Crippen LogP contribution in [-0.2, 0) is 10.3 Å². The molecular formula is C13H12ClF2NO2. The molecule has 0 N–H and O–H groups in total. The van der Waals surface area contributed by atoms with Crippen molar-refractivity contribution in [1.29, 1.82) is 0 Å². The molecule has 0 amide bonds. The number of hydrogen-bond acceptors (Lipinski definition) is 3. The smallest absolute Gasteiger partial charge is 0.235 e. The third-order valence-corrected chi connectivity index (χ3v) is 3.79. The zero-order valence-corrected chi connectivity index (χ0v) is 11.1. The summed E-state index contributed by atoms with van der Waals surface area (Å²) in [5, 5.41) is -0.0382. The second-order valence-electron chi connectivity index (χ2n) is 4.51. The highest BCUT2D eigenvalue weighted by Crippen LogP contribution is 2.46. The zero-order valence-electron chi connectivity index (χ0n) is 10.3. The van der Waals surface area contributed by atoms with E-state index in [1.165, 1.54) is 19.3 Å². The fourth-order valence-corrected chi connectivity index (χ4v) is 2.86. The molecule has 2 rings (SSSR count). The Labute approximate surface area is 114 Å². The Morgan fingerprint density at radius 2 is 2.00 bits per heavy atom. The van der Waals surface area contributed by atoms with Crippen LogP contribution in [0.15, 0.2) is 11.1 Å². The molecule has 1 aromatic carbocycles. The summed E-state index contributed by atoms with van der Waals surface area (Å²) in [6, 6.07) is 1.28. The van der Waals surface area contributed by atoms with E-state index >= 15 is 0 Å². The summed E-state index contributed by atoms with van der Waals surface area (Å²) >= 11 is 5.88. The summed E-state index contributed by atoms with van der Waals surface area (Å²) in [7, 11) is 1.21. The Hall–Kier alpha value is -1.45. The van der Waals surface area contributed by atoms with Gasteiger partial charge in [-0.15, -0.1) is 0 Å². The predicted molar refractivity (Wildman–Crippen MR) is 66.2 cm³/mol. The van der Waals surface area contributed by atoms with E-state index in [9.17, 15) is 13.6 Å². The van der Waals surface area contributed by atoms with Crippen LogP contribution >= 0.6 is 11.6 Å². The summed E-state index contributed by atoms with van der Waals surface area (Å²) in [6.07, 6.45) is 3.98. The number of carbonyl (C=O) groups excluding carboxylic acids is 1. The van der Waals surface area contributed by atoms with Gasteiger partial charge in [0.25, 0.3) is 0 Å². The van der Waals surface area contributed by atoms with Crippen molar-refractivity contribution in [2.45, 2.75) is 31.2 Å². The monoisotopic (exact) mass is 287 g/mol. The number of halogens is 3. The third-order valence-electron chi connectivity index (χ3n) is 3.51. The van der Waals surface area contributed by atoms with Gasteiger partial charge in [0.05, 0.1) is 12.1 Å². The molecule has 1 aliphatic carbocycles. The number of aliphatic imine (C=N–C) groups is 1. The first kappa shape index (κ1) is 14.0. The van der Waals surface area contributed by atoms with Gasteiger partial charge in [-0.2, -0.15) is 9.38 Å². The van der Waals surface area contributed by atoms with Crippen LogP contribution < -0.4 is 4.74 Å². The SMILES string of the molecule is COc1c(Cl)cc(C2(N=C=O)CCCC2)c(F)c1F. The molecule has 0 saturated heterocycles. The van der Waals surface area contributed by atoms with E-state index in [1.54, 1.807) is 0 Å². The van der Waals surface area contributed by atoms with E-state index in [0.717, 1.165) is 12.8 Å². The lowest BCUT2D eigenvalue weighted by atomic mass is 9.88. The minimum Gasteiger partial charge on any atom is -0.492 e. The first-order chi connectivity index (χ1) is 9.05. The second kappa shape index (κ2) is 5.27. The highest BCUT2D eigenvalue weighted by molar-refractivity contribution is 6.32. The minimum atomic E-state index is -1.16. The van der Waals surface area contributed by atoms with Gasteiger partial charge < -0.3 is 4.74 Å². The number of ether oxygens (including phenoxy) is 1. The summed E-state index contributed by atoms with van der Waals surface area (Å²) < 4.78 is 32.7. The molecule has 0 aromatic heterocycles. The van der Waals surface area contributed by atoms with Crippen molar-refractivity contribution in [3.05, 3.63) is 28.3 Å². The highest BCUT2D eigenvalue weighted by Gasteiger charge is 2.40. The van der Waals surface area contributed by atoms with Crippen molar-refractivity contribution in [2.24, 2.45) is 4.99 Å². The summed E-state index contributed by atoms with van der Waals surface area (Å²) in [5.41, 5.74) is -1.06. The quantitative estimate of drug-likeness (QED) is 0.483. The Morgan fingerprint density at radius 3 is 2.53 bits per heavy atom. The van der Waals surface area contributed by atoms with Crippen molar-refractivity contribution >= 4 is 17.7 Å². The number of nitrogens with zero attached hydrogens (tertiary/aromatic N) is 1. The van der Waals surface area contributed by atoms with Gasteiger partial charge in [-0.3, -0.25) is 0 Å². The third kappa shape index (κ3) is 2.24. The van der Waals surface area contributed by atoms with Crippen LogP contribution in [0.25, 0.3) is 0 Å². The van der Waals surface area contributed by atoms with Crippen LogP contribution in [0.1, 0.15) is 31.2 Å². The lowest BCUT2D eigenvalue weighted by molar-refractivity contribution is 0.359. The average Bonchev–Trinajstić information content (AvgIpc) is 2.84. The molecule has 1 aromatic rings. The van der Waals surface area contributed by atoms with Gasteiger partial charge >= 0.3 is 0 Å². The first-order valence-corrected chi connectivity index (χ1v) is 6.24. The van der Waals surface area contributed by atoms with Crippen molar-refractivity contribution in [2.75, 3.05) is 7.11 Å². The molecule has 0 heterocycles. The second-order valence-corrected chi connectivity index (χ2v) is 4.92. The normalized spacial score (nSPS) is 17.1. The molecule has 19 heavy (non-hydrogen) atoms. The van der Waals surface area contributed by atoms with Crippen molar-refractivity contribution in [1.82, 2.24) is 0 Å². The highest BCUT2D eigenvalue weighted by atomic mass is 35.5. The van der Waals surface area contributed by atoms with Gasteiger partial charge in [-0.25, -0.2) is 9.18 Å². The Kier molecular flexibility index (Phi) is 3.88. The van der Waals surface area contributed by atoms with Crippen LogP contribution in [-0.4, -0.2) is 13.2 Å². The van der Waals surface area contributed by atoms with Crippen LogP contribution in [0, 0.1) is 11.6 Å². The molecule has 1 saturated carbocycles. The Bertz CT molecular complexity index is 550. The molecule has 0 atom stereocenters. The van der Waals surface area contributed by atoms with Gasteiger partial charge in [0.15, 0.2) is 11.6 Å². The fourth-order valence-electron chi connectivity index (χ4n) is 2.59. The maximum Gasteiger partial charge on any atom is 0.235 e. The van der Waals surface area contributed by atoms with Gasteiger partial charge in [-0.05, 0) is 18.9 Å². The molecule has 102 valence electrons. The van der Waals surface area contributed by atoms with Crippen molar-refractivity contribution < 1.29 is 18.3 Å². The number of methoxy groups -OCH3 is 1. The van der Waals surface area contributed by atoms with E-state index in [4.69, 9.17) is 16.3 Å². The number of isocyanates is 1. The minimum absolute atomic E-state index is 0.00310. The molecule has 0 aliphatic heterocycles. The van der Waals surface area contributed by atoms with Crippen molar-refractivity contribution in [3.63, 3.8) is 0 Å². The maximum absolute atomic E-state index is 14.1. The lowest BCUT2D eigenvalue weighted by Gasteiger charge is -2.24. The molecule has 3 nitrogen and oxygen atoms in total. The lowest BCUT2D eigenvalue weighted by Crippen LogP contribution is -2.21. The topological polar surface area (TPSA) is 38.7 Å². The molecule has 0 unspecified atom stereocenters. The van der Waals surface area contributed by atoms with Crippen molar-refractivity contribution in [3.8, 4) is 5.75 Å². The van der Waals surface area contributed by atoms with Gasteiger partial charge in [0, 0.05) is 5.56 Å².